The average molecular weight is 376 g/mol. The molecule has 0 saturated carbocycles. The third-order valence-corrected chi connectivity index (χ3v) is 5.44. The second kappa shape index (κ2) is 7.97. The van der Waals surface area contributed by atoms with Crippen LogP contribution in [0, 0.1) is 6.92 Å². The van der Waals surface area contributed by atoms with E-state index in [0.29, 0.717) is 6.04 Å². The SMILES string of the molecule is C=C(NCc1cc2cc(C)ccc2[nH]1)NC1CCCN(C(=C)C2=NCC=C2)C1. The zero-order valence-corrected chi connectivity index (χ0v) is 16.6. The largest absolute Gasteiger partial charge is 0.368 e. The van der Waals surface area contributed by atoms with E-state index in [0.717, 1.165) is 61.9 Å². The van der Waals surface area contributed by atoms with Crippen molar-refractivity contribution in [2.75, 3.05) is 19.6 Å². The molecule has 28 heavy (non-hydrogen) atoms. The Morgan fingerprint density at radius 1 is 1.32 bits per heavy atom. The van der Waals surface area contributed by atoms with Crippen LogP contribution in [-0.2, 0) is 6.54 Å². The van der Waals surface area contributed by atoms with Crippen molar-refractivity contribution in [3.8, 4) is 0 Å². The maximum atomic E-state index is 4.49. The van der Waals surface area contributed by atoms with Gasteiger partial charge in [0.05, 0.1) is 30.3 Å². The predicted molar refractivity (Wildman–Crippen MR) is 117 cm³/mol. The lowest BCUT2D eigenvalue weighted by atomic mass is 10.0. The van der Waals surface area contributed by atoms with Gasteiger partial charge in [-0.15, -0.1) is 0 Å². The van der Waals surface area contributed by atoms with E-state index in [-0.39, 0.29) is 0 Å². The minimum atomic E-state index is 0.363. The summed E-state index contributed by atoms with van der Waals surface area (Å²) < 4.78 is 0. The van der Waals surface area contributed by atoms with Crippen LogP contribution in [0.15, 0.2) is 66.1 Å². The molecule has 4 rings (SSSR count). The molecule has 1 unspecified atom stereocenters. The predicted octanol–water partition coefficient (Wildman–Crippen LogP) is 3.62. The zero-order chi connectivity index (χ0) is 19.5. The summed E-state index contributed by atoms with van der Waals surface area (Å²) in [6.07, 6.45) is 6.43. The Morgan fingerprint density at radius 3 is 3.04 bits per heavy atom. The molecule has 1 aromatic heterocycles. The number of H-pyrrole nitrogens is 1. The van der Waals surface area contributed by atoms with Gasteiger partial charge >= 0.3 is 0 Å². The van der Waals surface area contributed by atoms with Crippen LogP contribution >= 0.6 is 0 Å². The molecule has 5 heteroatoms. The van der Waals surface area contributed by atoms with Crippen LogP contribution in [0.3, 0.4) is 0 Å². The zero-order valence-electron chi connectivity index (χ0n) is 16.6. The fraction of sp³-hybridized carbons (Fsp3) is 0.348. The summed E-state index contributed by atoms with van der Waals surface area (Å²) in [4.78, 5) is 10.3. The lowest BCUT2D eigenvalue weighted by Crippen LogP contribution is -2.47. The van der Waals surface area contributed by atoms with Crippen LogP contribution in [0.2, 0.25) is 0 Å². The van der Waals surface area contributed by atoms with Crippen LogP contribution in [0.1, 0.15) is 24.1 Å². The average Bonchev–Trinajstić information content (AvgIpc) is 3.35. The number of hydrogen-bond acceptors (Lipinski definition) is 4. The fourth-order valence-electron chi connectivity index (χ4n) is 3.96. The maximum Gasteiger partial charge on any atom is 0.0918 e. The fourth-order valence-corrected chi connectivity index (χ4v) is 3.96. The summed E-state index contributed by atoms with van der Waals surface area (Å²) in [5.41, 5.74) is 5.66. The van der Waals surface area contributed by atoms with E-state index in [9.17, 15) is 0 Å². The third kappa shape index (κ3) is 4.14. The van der Waals surface area contributed by atoms with Gasteiger partial charge in [0.15, 0.2) is 0 Å². The quantitative estimate of drug-likeness (QED) is 0.693. The van der Waals surface area contributed by atoms with Gasteiger partial charge in [0.2, 0.25) is 0 Å². The summed E-state index contributed by atoms with van der Waals surface area (Å²) in [6, 6.07) is 9.03. The van der Waals surface area contributed by atoms with Gasteiger partial charge in [-0.05, 0) is 49.4 Å². The highest BCUT2D eigenvalue weighted by Crippen LogP contribution is 2.19. The second-order valence-corrected chi connectivity index (χ2v) is 7.72. The van der Waals surface area contributed by atoms with Crippen molar-refractivity contribution in [3.05, 3.63) is 72.4 Å². The van der Waals surface area contributed by atoms with Crippen molar-refractivity contribution in [3.63, 3.8) is 0 Å². The molecule has 0 aliphatic carbocycles. The van der Waals surface area contributed by atoms with Gasteiger partial charge in [-0.3, -0.25) is 4.99 Å². The number of allylic oxidation sites excluding steroid dienone is 1. The minimum absolute atomic E-state index is 0.363. The van der Waals surface area contributed by atoms with Crippen molar-refractivity contribution in [2.24, 2.45) is 4.99 Å². The van der Waals surface area contributed by atoms with Crippen LogP contribution < -0.4 is 10.6 Å². The first-order valence-electron chi connectivity index (χ1n) is 10.0. The number of aromatic nitrogens is 1. The molecule has 2 aromatic rings. The Kier molecular flexibility index (Phi) is 5.24. The molecule has 0 bridgehead atoms. The van der Waals surface area contributed by atoms with E-state index in [1.54, 1.807) is 0 Å². The number of fused-ring (bicyclic) bond motifs is 1. The van der Waals surface area contributed by atoms with E-state index >= 15 is 0 Å². The van der Waals surface area contributed by atoms with E-state index < -0.39 is 0 Å². The topological polar surface area (TPSA) is 55.5 Å². The van der Waals surface area contributed by atoms with Crippen molar-refractivity contribution >= 4 is 16.6 Å². The number of piperidine rings is 1. The molecule has 5 nitrogen and oxygen atoms in total. The number of likely N-dealkylation sites (tertiary alicyclic amines) is 1. The Labute approximate surface area is 166 Å². The third-order valence-electron chi connectivity index (χ3n) is 5.44. The maximum absolute atomic E-state index is 4.49. The molecular formula is C23H29N5. The van der Waals surface area contributed by atoms with Crippen LogP contribution in [0.4, 0.5) is 0 Å². The molecule has 0 radical (unpaired) electrons. The normalized spacial score (nSPS) is 19.0. The Bertz CT molecular complexity index is 949. The van der Waals surface area contributed by atoms with Crippen LogP contribution in [0.5, 0.6) is 0 Å². The molecule has 2 aliphatic rings. The molecule has 2 aliphatic heterocycles. The van der Waals surface area contributed by atoms with Crippen LogP contribution in [0.25, 0.3) is 10.9 Å². The number of aromatic amines is 1. The first-order chi connectivity index (χ1) is 13.6. The minimum Gasteiger partial charge on any atom is -0.368 e. The van der Waals surface area contributed by atoms with Crippen molar-refractivity contribution in [2.45, 2.75) is 32.4 Å². The summed E-state index contributed by atoms with van der Waals surface area (Å²) in [6.45, 7) is 14.0. The first kappa shape index (κ1) is 18.4. The van der Waals surface area contributed by atoms with Gasteiger partial charge in [0, 0.05) is 30.3 Å². The molecule has 3 heterocycles. The summed E-state index contributed by atoms with van der Waals surface area (Å²) in [5, 5.41) is 8.21. The summed E-state index contributed by atoms with van der Waals surface area (Å²) in [7, 11) is 0. The van der Waals surface area contributed by atoms with Gasteiger partial charge in [0.1, 0.15) is 0 Å². The van der Waals surface area contributed by atoms with Crippen LogP contribution in [-0.4, -0.2) is 41.3 Å². The number of nitrogens with zero attached hydrogens (tertiary/aromatic N) is 2. The van der Waals surface area contributed by atoms with Gasteiger partial charge in [-0.1, -0.05) is 30.9 Å². The van der Waals surface area contributed by atoms with Gasteiger partial charge in [-0.25, -0.2) is 0 Å². The van der Waals surface area contributed by atoms with Gasteiger partial charge in [0.25, 0.3) is 0 Å². The highest BCUT2D eigenvalue weighted by atomic mass is 15.2. The van der Waals surface area contributed by atoms with E-state index in [1.165, 1.54) is 16.5 Å². The van der Waals surface area contributed by atoms with Crippen molar-refractivity contribution in [1.29, 1.82) is 0 Å². The molecule has 0 amide bonds. The number of aryl methyl sites for hydroxylation is 1. The lowest BCUT2D eigenvalue weighted by Gasteiger charge is -2.36. The molecule has 3 N–H and O–H groups in total. The van der Waals surface area contributed by atoms with Gasteiger partial charge < -0.3 is 20.5 Å². The number of nitrogens with one attached hydrogen (secondary N) is 3. The van der Waals surface area contributed by atoms with Crippen molar-refractivity contribution < 1.29 is 0 Å². The number of benzene rings is 1. The van der Waals surface area contributed by atoms with E-state index in [4.69, 9.17) is 0 Å². The highest BCUT2D eigenvalue weighted by Gasteiger charge is 2.22. The molecule has 1 aromatic carbocycles. The first-order valence-corrected chi connectivity index (χ1v) is 10.0. The molecule has 0 spiro atoms. The second-order valence-electron chi connectivity index (χ2n) is 7.72. The lowest BCUT2D eigenvalue weighted by molar-refractivity contribution is 0.250. The van der Waals surface area contributed by atoms with E-state index in [1.807, 2.05) is 0 Å². The molecule has 1 atom stereocenters. The molecule has 146 valence electrons. The molecule has 1 saturated heterocycles. The molecular weight excluding hydrogens is 346 g/mol. The monoisotopic (exact) mass is 375 g/mol. The van der Waals surface area contributed by atoms with Gasteiger partial charge in [-0.2, -0.15) is 0 Å². The standard InChI is InChI=1S/C23H29N5/c1-16-8-9-23-19(12-16)13-21(27-23)14-25-18(3)26-20-6-5-11-28(15-20)17(2)22-7-4-10-24-22/h4,7-9,12-13,20,25-27H,2-3,5-6,10-11,14-15H2,1H3. The number of rotatable bonds is 7. The highest BCUT2D eigenvalue weighted by molar-refractivity contribution is 6.08. The van der Waals surface area contributed by atoms with Crippen molar-refractivity contribution in [1.82, 2.24) is 20.5 Å². The summed E-state index contributed by atoms with van der Waals surface area (Å²) >= 11 is 0. The van der Waals surface area contributed by atoms with E-state index in [2.05, 4.69) is 82.0 Å². The number of hydrogen-bond donors (Lipinski definition) is 3. The smallest absolute Gasteiger partial charge is 0.0918 e. The Morgan fingerprint density at radius 2 is 2.21 bits per heavy atom. The Balaban J connectivity index is 1.29. The number of aliphatic imine (C=N–C) groups is 1. The summed E-state index contributed by atoms with van der Waals surface area (Å²) in [5.74, 6) is 0.866. The molecule has 1 fully saturated rings. The Hall–Kier alpha value is -2.95.